The molecule has 1 amide bonds. The minimum absolute atomic E-state index is 0.323. The third kappa shape index (κ3) is 1.59. The lowest BCUT2D eigenvalue weighted by Crippen LogP contribution is -2.24. The first-order valence-electron chi connectivity index (χ1n) is 4.89. The Bertz CT molecular complexity index is 459. The van der Waals surface area contributed by atoms with Gasteiger partial charge in [0.15, 0.2) is 0 Å². The standard InChI is InChI=1S/C11H12ClNO3/c1-5-7(12)4-8(15-3)10-9(5)6(2)16-11(14)13-10/h4,6H,1-3H3,(H,13,14). The van der Waals surface area contributed by atoms with E-state index in [1.807, 2.05) is 6.92 Å². The van der Waals surface area contributed by atoms with Crippen molar-refractivity contribution in [3.05, 3.63) is 22.2 Å². The average molecular weight is 242 g/mol. The van der Waals surface area contributed by atoms with Crippen LogP contribution in [-0.2, 0) is 4.74 Å². The zero-order valence-corrected chi connectivity index (χ0v) is 10.0. The summed E-state index contributed by atoms with van der Waals surface area (Å²) in [6.07, 6.45) is -0.795. The van der Waals surface area contributed by atoms with E-state index in [1.54, 1.807) is 13.0 Å². The topological polar surface area (TPSA) is 47.6 Å². The fourth-order valence-corrected chi connectivity index (χ4v) is 2.09. The maximum absolute atomic E-state index is 11.3. The molecule has 1 aliphatic rings. The smallest absolute Gasteiger partial charge is 0.412 e. The number of halogens is 1. The number of nitrogens with one attached hydrogen (secondary N) is 1. The minimum atomic E-state index is -0.472. The second-order valence-electron chi connectivity index (χ2n) is 3.65. The molecule has 4 nitrogen and oxygen atoms in total. The molecule has 0 saturated carbocycles. The number of cyclic esters (lactones) is 1. The quantitative estimate of drug-likeness (QED) is 0.821. The molecule has 0 aliphatic carbocycles. The highest BCUT2D eigenvalue weighted by atomic mass is 35.5. The number of ether oxygens (including phenoxy) is 2. The number of methoxy groups -OCH3 is 1. The second-order valence-corrected chi connectivity index (χ2v) is 4.05. The number of anilines is 1. The van der Waals surface area contributed by atoms with Crippen LogP contribution in [0.25, 0.3) is 0 Å². The van der Waals surface area contributed by atoms with Crippen LogP contribution in [0.5, 0.6) is 5.75 Å². The molecule has 0 fully saturated rings. The van der Waals surface area contributed by atoms with Crippen LogP contribution >= 0.6 is 11.6 Å². The summed E-state index contributed by atoms with van der Waals surface area (Å²) in [7, 11) is 1.54. The Balaban J connectivity index is 2.68. The zero-order chi connectivity index (χ0) is 11.9. The molecule has 1 aromatic carbocycles. The summed E-state index contributed by atoms with van der Waals surface area (Å²) in [6, 6.07) is 1.69. The Morgan fingerprint density at radius 3 is 2.88 bits per heavy atom. The first-order chi connectivity index (χ1) is 7.54. The molecule has 1 N–H and O–H groups in total. The van der Waals surface area contributed by atoms with Gasteiger partial charge in [0.05, 0.1) is 12.8 Å². The van der Waals surface area contributed by atoms with Gasteiger partial charge in [-0.15, -0.1) is 0 Å². The van der Waals surface area contributed by atoms with Gasteiger partial charge in [0, 0.05) is 16.7 Å². The number of carbonyl (C=O) groups is 1. The summed E-state index contributed by atoms with van der Waals surface area (Å²) in [5, 5.41) is 3.23. The Morgan fingerprint density at radius 2 is 2.25 bits per heavy atom. The van der Waals surface area contributed by atoms with E-state index in [4.69, 9.17) is 21.1 Å². The Labute approximate surface area is 98.5 Å². The van der Waals surface area contributed by atoms with E-state index in [1.165, 1.54) is 7.11 Å². The van der Waals surface area contributed by atoms with Gasteiger partial charge in [-0.25, -0.2) is 4.79 Å². The van der Waals surface area contributed by atoms with E-state index in [2.05, 4.69) is 5.32 Å². The van der Waals surface area contributed by atoms with Crippen LogP contribution < -0.4 is 10.1 Å². The molecule has 1 unspecified atom stereocenters. The van der Waals surface area contributed by atoms with Gasteiger partial charge in [-0.3, -0.25) is 5.32 Å². The Kier molecular flexibility index (Phi) is 2.68. The SMILES string of the molecule is COc1cc(Cl)c(C)c2c1NC(=O)OC2C. The third-order valence-electron chi connectivity index (χ3n) is 2.67. The molecule has 1 aromatic rings. The van der Waals surface area contributed by atoms with Gasteiger partial charge >= 0.3 is 6.09 Å². The minimum Gasteiger partial charge on any atom is -0.495 e. The van der Waals surface area contributed by atoms with E-state index in [0.29, 0.717) is 16.5 Å². The normalized spacial score (nSPS) is 18.5. The summed E-state index contributed by atoms with van der Waals surface area (Å²) >= 11 is 6.08. The van der Waals surface area contributed by atoms with Crippen LogP contribution in [-0.4, -0.2) is 13.2 Å². The van der Waals surface area contributed by atoms with Gasteiger partial charge in [0.25, 0.3) is 0 Å². The van der Waals surface area contributed by atoms with Crippen molar-refractivity contribution in [3.8, 4) is 5.75 Å². The molecule has 16 heavy (non-hydrogen) atoms. The van der Waals surface area contributed by atoms with Gasteiger partial charge < -0.3 is 9.47 Å². The largest absolute Gasteiger partial charge is 0.495 e. The molecule has 0 aromatic heterocycles. The van der Waals surface area contributed by atoms with Gasteiger partial charge in [-0.1, -0.05) is 11.6 Å². The molecule has 0 saturated heterocycles. The number of hydrogen-bond donors (Lipinski definition) is 1. The summed E-state index contributed by atoms with van der Waals surface area (Å²) in [5.41, 5.74) is 2.40. The lowest BCUT2D eigenvalue weighted by Gasteiger charge is -2.27. The van der Waals surface area contributed by atoms with Crippen molar-refractivity contribution in [2.75, 3.05) is 12.4 Å². The van der Waals surface area contributed by atoms with Crippen molar-refractivity contribution >= 4 is 23.4 Å². The van der Waals surface area contributed by atoms with E-state index in [-0.39, 0.29) is 6.10 Å². The maximum atomic E-state index is 11.3. The van der Waals surface area contributed by atoms with Crippen LogP contribution in [0.1, 0.15) is 24.2 Å². The van der Waals surface area contributed by atoms with Crippen molar-refractivity contribution in [1.29, 1.82) is 0 Å². The first kappa shape index (κ1) is 11.1. The average Bonchev–Trinajstić information content (AvgIpc) is 2.22. The predicted molar refractivity (Wildman–Crippen MR) is 61.3 cm³/mol. The van der Waals surface area contributed by atoms with Crippen LogP contribution in [0.15, 0.2) is 6.07 Å². The summed E-state index contributed by atoms with van der Waals surface area (Å²) in [4.78, 5) is 11.3. The molecule has 0 radical (unpaired) electrons. The van der Waals surface area contributed by atoms with Gasteiger partial charge in [-0.2, -0.15) is 0 Å². The van der Waals surface area contributed by atoms with E-state index < -0.39 is 6.09 Å². The van der Waals surface area contributed by atoms with E-state index in [0.717, 1.165) is 11.1 Å². The Morgan fingerprint density at radius 1 is 1.56 bits per heavy atom. The number of hydrogen-bond acceptors (Lipinski definition) is 3. The Hall–Kier alpha value is -1.42. The monoisotopic (exact) mass is 241 g/mol. The van der Waals surface area contributed by atoms with Crippen molar-refractivity contribution in [2.45, 2.75) is 20.0 Å². The molecule has 2 rings (SSSR count). The fraction of sp³-hybridized carbons (Fsp3) is 0.364. The molecular weight excluding hydrogens is 230 g/mol. The highest BCUT2D eigenvalue weighted by molar-refractivity contribution is 6.31. The van der Waals surface area contributed by atoms with Crippen molar-refractivity contribution in [3.63, 3.8) is 0 Å². The molecular formula is C11H12ClNO3. The molecule has 0 bridgehead atoms. The molecule has 1 aliphatic heterocycles. The van der Waals surface area contributed by atoms with Crippen LogP contribution in [0, 0.1) is 6.92 Å². The lowest BCUT2D eigenvalue weighted by molar-refractivity contribution is 0.116. The maximum Gasteiger partial charge on any atom is 0.412 e. The van der Waals surface area contributed by atoms with E-state index >= 15 is 0 Å². The number of fused-ring (bicyclic) bond motifs is 1. The predicted octanol–water partition coefficient (Wildman–Crippen LogP) is 3.28. The van der Waals surface area contributed by atoms with Gasteiger partial charge in [0.1, 0.15) is 11.9 Å². The first-order valence-corrected chi connectivity index (χ1v) is 5.27. The molecule has 1 heterocycles. The molecule has 0 spiro atoms. The number of benzene rings is 1. The summed E-state index contributed by atoms with van der Waals surface area (Å²) in [6.45, 7) is 3.69. The van der Waals surface area contributed by atoms with Crippen LogP contribution in [0.4, 0.5) is 10.5 Å². The number of rotatable bonds is 1. The van der Waals surface area contributed by atoms with Gasteiger partial charge in [-0.05, 0) is 19.4 Å². The zero-order valence-electron chi connectivity index (χ0n) is 9.26. The lowest BCUT2D eigenvalue weighted by atomic mass is 10.00. The van der Waals surface area contributed by atoms with Crippen molar-refractivity contribution < 1.29 is 14.3 Å². The number of carbonyl (C=O) groups excluding carboxylic acids is 1. The second kappa shape index (κ2) is 3.87. The number of amides is 1. The van der Waals surface area contributed by atoms with Crippen molar-refractivity contribution in [1.82, 2.24) is 0 Å². The van der Waals surface area contributed by atoms with Crippen LogP contribution in [0.2, 0.25) is 5.02 Å². The molecule has 86 valence electrons. The van der Waals surface area contributed by atoms with Crippen LogP contribution in [0.3, 0.4) is 0 Å². The highest BCUT2D eigenvalue weighted by Crippen LogP contribution is 2.42. The summed E-state index contributed by atoms with van der Waals surface area (Å²) < 4.78 is 10.3. The highest BCUT2D eigenvalue weighted by Gasteiger charge is 2.28. The third-order valence-corrected chi connectivity index (χ3v) is 3.07. The van der Waals surface area contributed by atoms with Gasteiger partial charge in [0.2, 0.25) is 0 Å². The fourth-order valence-electron chi connectivity index (χ4n) is 1.89. The molecule has 1 atom stereocenters. The molecule has 5 heteroatoms. The van der Waals surface area contributed by atoms with Crippen molar-refractivity contribution in [2.24, 2.45) is 0 Å². The summed E-state index contributed by atoms with van der Waals surface area (Å²) in [5.74, 6) is 0.550. The van der Waals surface area contributed by atoms with E-state index in [9.17, 15) is 4.79 Å².